The molecule has 0 spiro atoms. The lowest BCUT2D eigenvalue weighted by molar-refractivity contribution is -0.144. The van der Waals surface area contributed by atoms with E-state index >= 15 is 0 Å². The average molecular weight is 481 g/mol. The molecule has 33 heavy (non-hydrogen) atoms. The van der Waals surface area contributed by atoms with Gasteiger partial charge in [-0.15, -0.1) is 0 Å². The maximum Gasteiger partial charge on any atom is 0.320 e. The zero-order valence-corrected chi connectivity index (χ0v) is 19.8. The second-order valence-electron chi connectivity index (χ2n) is 7.84. The van der Waals surface area contributed by atoms with Crippen molar-refractivity contribution in [1.29, 1.82) is 0 Å². The number of carbonyl (C=O) groups excluding carboxylic acids is 1. The van der Waals surface area contributed by atoms with E-state index in [1.54, 1.807) is 13.0 Å². The Morgan fingerprint density at radius 1 is 1.18 bits per heavy atom. The molecule has 1 aromatic carbocycles. The fraction of sp³-hybridized carbons (Fsp3) is 0.476. The molecule has 1 N–H and O–H groups in total. The van der Waals surface area contributed by atoms with Crippen LogP contribution in [0.1, 0.15) is 6.92 Å². The van der Waals surface area contributed by atoms with Gasteiger partial charge in [0.05, 0.1) is 30.4 Å². The molecule has 12 heteroatoms. The number of carbonyl (C=O) groups is 1. The van der Waals surface area contributed by atoms with Gasteiger partial charge in [0.2, 0.25) is 0 Å². The van der Waals surface area contributed by atoms with E-state index in [1.165, 1.54) is 18.5 Å². The van der Waals surface area contributed by atoms with Gasteiger partial charge in [-0.3, -0.25) is 14.6 Å². The highest BCUT2D eigenvalue weighted by Gasteiger charge is 2.21. The molecule has 1 fully saturated rings. The van der Waals surface area contributed by atoms with E-state index < -0.39 is 15.7 Å². The number of piperazine rings is 1. The normalized spacial score (nSPS) is 15.3. The van der Waals surface area contributed by atoms with Gasteiger partial charge in [-0.2, -0.15) is 0 Å². The second kappa shape index (κ2) is 10.9. The van der Waals surface area contributed by atoms with Crippen molar-refractivity contribution in [1.82, 2.24) is 19.8 Å². The molecule has 0 atom stereocenters. The molecule has 1 aromatic heterocycles. The van der Waals surface area contributed by atoms with Crippen LogP contribution in [-0.2, 0) is 19.4 Å². The summed E-state index contributed by atoms with van der Waals surface area (Å²) in [5, 5.41) is 2.87. The van der Waals surface area contributed by atoms with Gasteiger partial charge in [-0.05, 0) is 25.1 Å². The van der Waals surface area contributed by atoms with Gasteiger partial charge in [0.1, 0.15) is 23.8 Å². The highest BCUT2D eigenvalue weighted by atomic mass is 32.2. The standard InChI is InChI=1S/C21H29FN6O4S/c1-4-32-21(29)13-27-7-9-28(10-8-27)15-26(2)20-12-19(23-14-24-20)25-18-6-5-16(11-17(18)22)33(3,30)31/h5-6,11-12,14H,4,7-10,13,15H2,1-3H3,(H,23,24,25). The van der Waals surface area contributed by atoms with Crippen LogP contribution in [0.3, 0.4) is 0 Å². The molecule has 1 saturated heterocycles. The predicted octanol–water partition coefficient (Wildman–Crippen LogP) is 1.34. The second-order valence-corrected chi connectivity index (χ2v) is 9.85. The third-order valence-corrected chi connectivity index (χ3v) is 6.32. The Balaban J connectivity index is 1.57. The molecule has 0 saturated carbocycles. The summed E-state index contributed by atoms with van der Waals surface area (Å²) in [5.74, 6) is 0.144. The fourth-order valence-corrected chi connectivity index (χ4v) is 4.07. The predicted molar refractivity (Wildman–Crippen MR) is 123 cm³/mol. The summed E-state index contributed by atoms with van der Waals surface area (Å²) in [7, 11) is -1.59. The molecule has 10 nitrogen and oxygen atoms in total. The van der Waals surface area contributed by atoms with Gasteiger partial charge < -0.3 is 15.0 Å². The number of hydrogen-bond donors (Lipinski definition) is 1. The van der Waals surface area contributed by atoms with Crippen LogP contribution < -0.4 is 10.2 Å². The Labute approximate surface area is 193 Å². The van der Waals surface area contributed by atoms with Gasteiger partial charge in [-0.25, -0.2) is 22.8 Å². The molecule has 0 amide bonds. The smallest absolute Gasteiger partial charge is 0.320 e. The molecular weight excluding hydrogens is 451 g/mol. The van der Waals surface area contributed by atoms with Crippen LogP contribution in [0.2, 0.25) is 0 Å². The number of hydrogen-bond acceptors (Lipinski definition) is 10. The molecular formula is C21H29FN6O4S. The van der Waals surface area contributed by atoms with Gasteiger partial charge in [0.25, 0.3) is 0 Å². The Morgan fingerprint density at radius 3 is 2.52 bits per heavy atom. The van der Waals surface area contributed by atoms with E-state index in [4.69, 9.17) is 4.74 Å². The first-order valence-corrected chi connectivity index (χ1v) is 12.4. The summed E-state index contributed by atoms with van der Waals surface area (Å²) < 4.78 is 42.5. The largest absolute Gasteiger partial charge is 0.465 e. The topological polar surface area (TPSA) is 108 Å². The Hall–Kier alpha value is -2.83. The van der Waals surface area contributed by atoms with Gasteiger partial charge in [0, 0.05) is 45.5 Å². The van der Waals surface area contributed by atoms with Gasteiger partial charge in [-0.1, -0.05) is 0 Å². The first-order chi connectivity index (χ1) is 15.7. The fourth-order valence-electron chi connectivity index (χ4n) is 3.44. The number of anilines is 3. The van der Waals surface area contributed by atoms with E-state index in [1.807, 2.05) is 11.9 Å². The van der Waals surface area contributed by atoms with Crippen molar-refractivity contribution >= 4 is 33.1 Å². The van der Waals surface area contributed by atoms with E-state index in [0.717, 1.165) is 38.5 Å². The Kier molecular flexibility index (Phi) is 8.16. The maximum atomic E-state index is 14.4. The summed E-state index contributed by atoms with van der Waals surface area (Å²) in [4.78, 5) is 26.3. The van der Waals surface area contributed by atoms with Crippen molar-refractivity contribution < 1.29 is 22.3 Å². The van der Waals surface area contributed by atoms with Crippen LogP contribution >= 0.6 is 0 Å². The lowest BCUT2D eigenvalue weighted by Gasteiger charge is -2.36. The van der Waals surface area contributed by atoms with Gasteiger partial charge in [0.15, 0.2) is 9.84 Å². The molecule has 0 unspecified atom stereocenters. The van der Waals surface area contributed by atoms with Crippen molar-refractivity contribution in [2.45, 2.75) is 11.8 Å². The number of benzene rings is 1. The summed E-state index contributed by atoms with van der Waals surface area (Å²) >= 11 is 0. The third-order valence-electron chi connectivity index (χ3n) is 5.21. The maximum absolute atomic E-state index is 14.4. The number of nitrogens with zero attached hydrogens (tertiary/aromatic N) is 5. The zero-order valence-electron chi connectivity index (χ0n) is 19.0. The van der Waals surface area contributed by atoms with Crippen molar-refractivity contribution in [3.63, 3.8) is 0 Å². The summed E-state index contributed by atoms with van der Waals surface area (Å²) in [6, 6.07) is 5.39. The molecule has 180 valence electrons. The van der Waals surface area contributed by atoms with Crippen molar-refractivity contribution in [2.75, 3.05) is 69.5 Å². The molecule has 0 radical (unpaired) electrons. The van der Waals surface area contributed by atoms with E-state index in [-0.39, 0.29) is 16.6 Å². The quantitative estimate of drug-likeness (QED) is 0.528. The lowest BCUT2D eigenvalue weighted by atomic mass is 10.3. The number of sulfone groups is 1. The van der Waals surface area contributed by atoms with E-state index in [9.17, 15) is 17.6 Å². The number of halogens is 1. The molecule has 3 rings (SSSR count). The number of nitrogens with one attached hydrogen (secondary N) is 1. The number of esters is 1. The number of ether oxygens (including phenoxy) is 1. The van der Waals surface area contributed by atoms with Crippen LogP contribution in [-0.4, -0.2) is 93.5 Å². The number of rotatable bonds is 9. The van der Waals surface area contributed by atoms with E-state index in [0.29, 0.717) is 31.5 Å². The monoisotopic (exact) mass is 480 g/mol. The summed E-state index contributed by atoms with van der Waals surface area (Å²) in [6.45, 7) is 6.26. The zero-order chi connectivity index (χ0) is 24.0. The molecule has 2 aromatic rings. The minimum absolute atomic E-state index is 0.0870. The summed E-state index contributed by atoms with van der Waals surface area (Å²) in [6.07, 6.45) is 2.41. The molecule has 1 aliphatic rings. The molecule has 0 bridgehead atoms. The SMILES string of the molecule is CCOC(=O)CN1CCN(CN(C)c2cc(Nc3ccc(S(C)(=O)=O)cc3F)ncn2)CC1. The van der Waals surface area contributed by atoms with Crippen LogP contribution in [0.4, 0.5) is 21.7 Å². The first kappa shape index (κ1) is 24.8. The van der Waals surface area contributed by atoms with E-state index in [2.05, 4.69) is 25.1 Å². The Bertz CT molecular complexity index is 1080. The molecule has 0 aliphatic carbocycles. The van der Waals surface area contributed by atoms with Crippen LogP contribution in [0, 0.1) is 5.82 Å². The van der Waals surface area contributed by atoms with Crippen molar-refractivity contribution in [3.05, 3.63) is 36.4 Å². The minimum Gasteiger partial charge on any atom is -0.465 e. The van der Waals surface area contributed by atoms with Crippen LogP contribution in [0.5, 0.6) is 0 Å². The van der Waals surface area contributed by atoms with Crippen LogP contribution in [0.15, 0.2) is 35.5 Å². The van der Waals surface area contributed by atoms with Crippen molar-refractivity contribution in [3.8, 4) is 0 Å². The molecule has 2 heterocycles. The van der Waals surface area contributed by atoms with Crippen LogP contribution in [0.25, 0.3) is 0 Å². The molecule has 1 aliphatic heterocycles. The highest BCUT2D eigenvalue weighted by molar-refractivity contribution is 7.90. The third kappa shape index (κ3) is 7.07. The first-order valence-electron chi connectivity index (χ1n) is 10.6. The average Bonchev–Trinajstić information content (AvgIpc) is 2.76. The highest BCUT2D eigenvalue weighted by Crippen LogP contribution is 2.23. The Morgan fingerprint density at radius 2 is 1.88 bits per heavy atom. The minimum atomic E-state index is -3.49. The van der Waals surface area contributed by atoms with Crippen molar-refractivity contribution in [2.24, 2.45) is 0 Å². The number of aromatic nitrogens is 2. The van der Waals surface area contributed by atoms with Gasteiger partial charge >= 0.3 is 5.97 Å². The lowest BCUT2D eigenvalue weighted by Crippen LogP contribution is -2.50. The summed E-state index contributed by atoms with van der Waals surface area (Å²) in [5.41, 5.74) is 0.118.